The number of sulfone groups is 1. The van der Waals surface area contributed by atoms with Gasteiger partial charge in [-0.25, -0.2) is 13.4 Å². The molecule has 0 radical (unpaired) electrons. The standard InChI is InChI=1S/C14H10ClF3N2O3S/c1-24(22,23)10-4-2-3-9(6-10)20-13(21)11-5-8(14(16,17)18)7-19-12(11)15/h2-7H,1H3,(H,20,21). The van der Waals surface area contributed by atoms with Crippen LogP contribution in [0, 0.1) is 0 Å². The largest absolute Gasteiger partial charge is 0.417 e. The molecule has 2 rings (SSSR count). The maximum absolute atomic E-state index is 12.7. The molecule has 2 aromatic rings. The molecule has 1 aromatic heterocycles. The Labute approximate surface area is 140 Å². The number of aromatic nitrogens is 1. The zero-order valence-electron chi connectivity index (χ0n) is 12.1. The Morgan fingerprint density at radius 1 is 1.25 bits per heavy atom. The molecule has 128 valence electrons. The fourth-order valence-electron chi connectivity index (χ4n) is 1.77. The third-order valence-corrected chi connectivity index (χ3v) is 4.34. The Kier molecular flexibility index (Phi) is 4.86. The number of amides is 1. The zero-order valence-corrected chi connectivity index (χ0v) is 13.6. The molecule has 1 N–H and O–H groups in total. The first-order valence-corrected chi connectivity index (χ1v) is 8.59. The van der Waals surface area contributed by atoms with Crippen LogP contribution in [-0.2, 0) is 16.0 Å². The molecular formula is C14H10ClF3N2O3S. The first-order chi connectivity index (χ1) is 11.0. The van der Waals surface area contributed by atoms with Gasteiger partial charge in [-0.3, -0.25) is 4.79 Å². The van der Waals surface area contributed by atoms with Crippen LogP contribution in [0.2, 0.25) is 5.15 Å². The van der Waals surface area contributed by atoms with Crippen LogP contribution < -0.4 is 5.32 Å². The summed E-state index contributed by atoms with van der Waals surface area (Å²) in [6.07, 6.45) is -3.17. The molecule has 24 heavy (non-hydrogen) atoms. The molecule has 0 aliphatic carbocycles. The number of nitrogens with zero attached hydrogens (tertiary/aromatic N) is 1. The Morgan fingerprint density at radius 2 is 1.92 bits per heavy atom. The molecule has 0 unspecified atom stereocenters. The highest BCUT2D eigenvalue weighted by Crippen LogP contribution is 2.31. The third-order valence-electron chi connectivity index (χ3n) is 2.93. The molecule has 0 saturated carbocycles. The maximum Gasteiger partial charge on any atom is 0.417 e. The highest BCUT2D eigenvalue weighted by molar-refractivity contribution is 7.90. The van der Waals surface area contributed by atoms with E-state index >= 15 is 0 Å². The molecule has 1 heterocycles. The predicted molar refractivity (Wildman–Crippen MR) is 81.8 cm³/mol. The number of hydrogen-bond acceptors (Lipinski definition) is 4. The molecule has 0 spiro atoms. The number of anilines is 1. The van der Waals surface area contributed by atoms with Crippen molar-refractivity contribution in [3.8, 4) is 0 Å². The monoisotopic (exact) mass is 378 g/mol. The van der Waals surface area contributed by atoms with Gasteiger partial charge in [0, 0.05) is 18.1 Å². The predicted octanol–water partition coefficient (Wildman–Crippen LogP) is 3.41. The maximum atomic E-state index is 12.7. The van der Waals surface area contributed by atoms with Crippen LogP contribution in [0.1, 0.15) is 15.9 Å². The van der Waals surface area contributed by atoms with Crippen LogP contribution in [0.5, 0.6) is 0 Å². The van der Waals surface area contributed by atoms with Crippen molar-refractivity contribution in [2.45, 2.75) is 11.1 Å². The van der Waals surface area contributed by atoms with Crippen molar-refractivity contribution in [3.05, 3.63) is 52.8 Å². The quantitative estimate of drug-likeness (QED) is 0.830. The second-order valence-corrected chi connectivity index (χ2v) is 7.19. The first kappa shape index (κ1) is 18.2. The van der Waals surface area contributed by atoms with E-state index in [0.29, 0.717) is 12.3 Å². The van der Waals surface area contributed by atoms with Gasteiger partial charge in [0.1, 0.15) is 5.15 Å². The van der Waals surface area contributed by atoms with Gasteiger partial charge in [-0.05, 0) is 24.3 Å². The van der Waals surface area contributed by atoms with Gasteiger partial charge >= 0.3 is 6.18 Å². The van der Waals surface area contributed by atoms with E-state index < -0.39 is 38.2 Å². The minimum Gasteiger partial charge on any atom is -0.322 e. The van der Waals surface area contributed by atoms with Crippen molar-refractivity contribution < 1.29 is 26.4 Å². The van der Waals surface area contributed by atoms with Crippen LogP contribution in [-0.4, -0.2) is 25.6 Å². The smallest absolute Gasteiger partial charge is 0.322 e. The number of carbonyl (C=O) groups is 1. The van der Waals surface area contributed by atoms with E-state index in [9.17, 15) is 26.4 Å². The number of carbonyl (C=O) groups excluding carboxylic acids is 1. The van der Waals surface area contributed by atoms with Crippen LogP contribution in [0.3, 0.4) is 0 Å². The molecule has 5 nitrogen and oxygen atoms in total. The lowest BCUT2D eigenvalue weighted by atomic mass is 10.2. The van der Waals surface area contributed by atoms with Gasteiger partial charge in [0.2, 0.25) is 0 Å². The van der Waals surface area contributed by atoms with Crippen molar-refractivity contribution in [2.24, 2.45) is 0 Å². The van der Waals surface area contributed by atoms with Gasteiger partial charge in [-0.2, -0.15) is 13.2 Å². The summed E-state index contributed by atoms with van der Waals surface area (Å²) >= 11 is 5.68. The van der Waals surface area contributed by atoms with Gasteiger partial charge in [0.05, 0.1) is 16.0 Å². The van der Waals surface area contributed by atoms with E-state index in [1.165, 1.54) is 24.3 Å². The molecule has 1 aromatic carbocycles. The molecule has 0 fully saturated rings. The SMILES string of the molecule is CS(=O)(=O)c1cccc(NC(=O)c2cc(C(F)(F)F)cnc2Cl)c1. The highest BCUT2D eigenvalue weighted by Gasteiger charge is 2.32. The van der Waals surface area contributed by atoms with E-state index in [4.69, 9.17) is 11.6 Å². The summed E-state index contributed by atoms with van der Waals surface area (Å²) in [5.41, 5.74) is -1.51. The molecule has 0 bridgehead atoms. The Bertz CT molecular complexity index is 898. The minimum absolute atomic E-state index is 0.0476. The van der Waals surface area contributed by atoms with Gasteiger partial charge < -0.3 is 5.32 Å². The van der Waals surface area contributed by atoms with Crippen molar-refractivity contribution in [1.29, 1.82) is 0 Å². The summed E-state index contributed by atoms with van der Waals surface area (Å²) in [5.74, 6) is -0.941. The van der Waals surface area contributed by atoms with Crippen LogP contribution >= 0.6 is 11.6 Å². The number of hydrogen-bond donors (Lipinski definition) is 1. The molecule has 1 amide bonds. The molecule has 0 atom stereocenters. The van der Waals surface area contributed by atoms with Crippen molar-refractivity contribution >= 4 is 33.0 Å². The topological polar surface area (TPSA) is 76.1 Å². The van der Waals surface area contributed by atoms with Crippen LogP contribution in [0.25, 0.3) is 0 Å². The van der Waals surface area contributed by atoms with Crippen molar-refractivity contribution in [3.63, 3.8) is 0 Å². The zero-order chi connectivity index (χ0) is 18.1. The second-order valence-electron chi connectivity index (χ2n) is 4.81. The summed E-state index contributed by atoms with van der Waals surface area (Å²) in [4.78, 5) is 15.4. The van der Waals surface area contributed by atoms with Crippen molar-refractivity contribution in [2.75, 3.05) is 11.6 Å². The molecule has 0 aliphatic rings. The van der Waals surface area contributed by atoms with Crippen molar-refractivity contribution in [1.82, 2.24) is 4.98 Å². The number of rotatable bonds is 3. The number of pyridine rings is 1. The van der Waals surface area contributed by atoms with Gasteiger partial charge in [-0.15, -0.1) is 0 Å². The molecule has 0 saturated heterocycles. The average molecular weight is 379 g/mol. The van der Waals surface area contributed by atoms with E-state index in [2.05, 4.69) is 10.3 Å². The first-order valence-electron chi connectivity index (χ1n) is 6.32. The Hall–Kier alpha value is -2.13. The number of halogens is 4. The van der Waals surface area contributed by atoms with E-state index in [1.54, 1.807) is 0 Å². The average Bonchev–Trinajstić information content (AvgIpc) is 2.45. The molecular weight excluding hydrogens is 369 g/mol. The Morgan fingerprint density at radius 3 is 2.50 bits per heavy atom. The van der Waals surface area contributed by atoms with Gasteiger partial charge in [-0.1, -0.05) is 17.7 Å². The lowest BCUT2D eigenvalue weighted by Gasteiger charge is -2.10. The van der Waals surface area contributed by atoms with Crippen LogP contribution in [0.4, 0.5) is 18.9 Å². The fraction of sp³-hybridized carbons (Fsp3) is 0.143. The number of alkyl halides is 3. The fourth-order valence-corrected chi connectivity index (χ4v) is 2.62. The lowest BCUT2D eigenvalue weighted by molar-refractivity contribution is -0.137. The summed E-state index contributed by atoms with van der Waals surface area (Å²) < 4.78 is 61.0. The molecule has 10 heteroatoms. The Balaban J connectivity index is 2.34. The highest BCUT2D eigenvalue weighted by atomic mass is 35.5. The third kappa shape index (κ3) is 4.24. The number of benzene rings is 1. The lowest BCUT2D eigenvalue weighted by Crippen LogP contribution is -2.15. The van der Waals surface area contributed by atoms with Gasteiger partial charge in [0.15, 0.2) is 9.84 Å². The second kappa shape index (κ2) is 6.40. The summed E-state index contributed by atoms with van der Waals surface area (Å²) in [7, 11) is -3.50. The van der Waals surface area contributed by atoms with E-state index in [0.717, 1.165) is 6.26 Å². The minimum atomic E-state index is -4.68. The molecule has 0 aliphatic heterocycles. The summed E-state index contributed by atoms with van der Waals surface area (Å²) in [6.45, 7) is 0. The summed E-state index contributed by atoms with van der Waals surface area (Å²) in [6, 6.07) is 5.86. The normalized spacial score (nSPS) is 12.0. The summed E-state index contributed by atoms with van der Waals surface area (Å²) in [5, 5.41) is 1.89. The van der Waals surface area contributed by atoms with Crippen LogP contribution in [0.15, 0.2) is 41.4 Å². The number of nitrogens with one attached hydrogen (secondary N) is 1. The van der Waals surface area contributed by atoms with E-state index in [1.807, 2.05) is 0 Å². The van der Waals surface area contributed by atoms with E-state index in [-0.39, 0.29) is 10.6 Å². The van der Waals surface area contributed by atoms with Gasteiger partial charge in [0.25, 0.3) is 5.91 Å².